The molecular weight excluding hydrogens is 360 g/mol. The quantitative estimate of drug-likeness (QED) is 0.818. The van der Waals surface area contributed by atoms with Gasteiger partial charge in [-0.2, -0.15) is 0 Å². The molecule has 4 rings (SSSR count). The van der Waals surface area contributed by atoms with Crippen LogP contribution in [0.25, 0.3) is 0 Å². The smallest absolute Gasteiger partial charge is 0.226 e. The van der Waals surface area contributed by atoms with Crippen molar-refractivity contribution in [2.45, 2.75) is 45.3 Å². The van der Waals surface area contributed by atoms with Gasteiger partial charge in [-0.05, 0) is 37.0 Å². The summed E-state index contributed by atoms with van der Waals surface area (Å²) in [5, 5.41) is 0. The lowest BCUT2D eigenvalue weighted by Gasteiger charge is -2.34. The zero-order valence-electron chi connectivity index (χ0n) is 17.3. The van der Waals surface area contributed by atoms with E-state index < -0.39 is 0 Å². The number of ether oxygens (including phenoxy) is 1. The van der Waals surface area contributed by atoms with Crippen molar-refractivity contribution < 1.29 is 14.4 Å². The van der Waals surface area contributed by atoms with Crippen LogP contribution in [-0.4, -0.2) is 37.0 Å². The predicted molar refractivity (Wildman–Crippen MR) is 115 cm³/mol. The van der Waals surface area contributed by atoms with Crippen molar-refractivity contribution >= 4 is 5.91 Å². The van der Waals surface area contributed by atoms with Gasteiger partial charge in [0.05, 0.1) is 13.1 Å². The van der Waals surface area contributed by atoms with E-state index in [1.807, 2.05) is 24.3 Å². The third kappa shape index (κ3) is 5.60. The molecule has 2 aliphatic rings. The van der Waals surface area contributed by atoms with Gasteiger partial charge in [-0.1, -0.05) is 42.5 Å². The SMILES string of the molecule is O=C(C1CC[NH+](Cc2cccc(OCc3ccccc3)c2)CC1)N1CCCCC1. The molecule has 1 N–H and O–H groups in total. The van der Waals surface area contributed by atoms with E-state index in [4.69, 9.17) is 4.74 Å². The van der Waals surface area contributed by atoms with Gasteiger partial charge >= 0.3 is 0 Å². The number of amides is 1. The Balaban J connectivity index is 1.25. The number of benzene rings is 2. The molecule has 0 bridgehead atoms. The normalized spacial score (nSPS) is 22.3. The number of rotatable bonds is 6. The van der Waals surface area contributed by atoms with Crippen LogP contribution in [0.3, 0.4) is 0 Å². The molecule has 1 amide bonds. The van der Waals surface area contributed by atoms with Gasteiger partial charge in [0.1, 0.15) is 18.9 Å². The summed E-state index contributed by atoms with van der Waals surface area (Å²) in [5.74, 6) is 1.60. The molecule has 0 aromatic heterocycles. The lowest BCUT2D eigenvalue weighted by molar-refractivity contribution is -0.919. The van der Waals surface area contributed by atoms with E-state index in [1.165, 1.54) is 30.4 Å². The van der Waals surface area contributed by atoms with Crippen LogP contribution in [0, 0.1) is 5.92 Å². The molecule has 2 aromatic carbocycles. The lowest BCUT2D eigenvalue weighted by Crippen LogP contribution is -3.11. The average Bonchev–Trinajstić information content (AvgIpc) is 2.79. The molecule has 2 heterocycles. The second-order valence-electron chi connectivity index (χ2n) is 8.51. The maximum Gasteiger partial charge on any atom is 0.226 e. The molecule has 2 aliphatic heterocycles. The molecule has 0 radical (unpaired) electrons. The highest BCUT2D eigenvalue weighted by Crippen LogP contribution is 2.19. The summed E-state index contributed by atoms with van der Waals surface area (Å²) in [4.78, 5) is 16.4. The van der Waals surface area contributed by atoms with E-state index in [9.17, 15) is 4.79 Å². The molecule has 4 nitrogen and oxygen atoms in total. The van der Waals surface area contributed by atoms with Gasteiger partial charge in [-0.15, -0.1) is 0 Å². The van der Waals surface area contributed by atoms with Crippen molar-refractivity contribution in [2.75, 3.05) is 26.2 Å². The van der Waals surface area contributed by atoms with Gasteiger partial charge in [0.15, 0.2) is 0 Å². The number of likely N-dealkylation sites (tertiary alicyclic amines) is 2. The third-order valence-electron chi connectivity index (χ3n) is 6.31. The Morgan fingerprint density at radius 2 is 1.66 bits per heavy atom. The largest absolute Gasteiger partial charge is 0.489 e. The first-order chi connectivity index (χ1) is 14.3. The summed E-state index contributed by atoms with van der Waals surface area (Å²) < 4.78 is 5.98. The molecule has 0 unspecified atom stereocenters. The molecule has 0 saturated carbocycles. The fourth-order valence-corrected chi connectivity index (χ4v) is 4.60. The van der Waals surface area contributed by atoms with Crippen LogP contribution in [0.5, 0.6) is 5.75 Å². The molecule has 2 saturated heterocycles. The van der Waals surface area contributed by atoms with E-state index in [-0.39, 0.29) is 5.92 Å². The van der Waals surface area contributed by atoms with E-state index in [0.717, 1.165) is 51.3 Å². The number of nitrogens with one attached hydrogen (secondary N) is 1. The van der Waals surface area contributed by atoms with Crippen molar-refractivity contribution in [1.29, 1.82) is 0 Å². The van der Waals surface area contributed by atoms with Crippen LogP contribution in [-0.2, 0) is 17.9 Å². The Hall–Kier alpha value is -2.33. The average molecular weight is 394 g/mol. The van der Waals surface area contributed by atoms with Gasteiger partial charge < -0.3 is 14.5 Å². The first-order valence-corrected chi connectivity index (χ1v) is 11.2. The molecule has 154 valence electrons. The number of carbonyl (C=O) groups excluding carboxylic acids is 1. The minimum atomic E-state index is 0.248. The number of nitrogens with zero attached hydrogens (tertiary/aromatic N) is 1. The monoisotopic (exact) mass is 393 g/mol. The van der Waals surface area contributed by atoms with Crippen molar-refractivity contribution in [3.8, 4) is 5.75 Å². The topological polar surface area (TPSA) is 34.0 Å². The zero-order valence-corrected chi connectivity index (χ0v) is 17.3. The second-order valence-corrected chi connectivity index (χ2v) is 8.51. The van der Waals surface area contributed by atoms with Crippen LogP contribution < -0.4 is 9.64 Å². The standard InChI is InChI=1S/C25H32N2O2/c28-25(27-14-5-2-6-15-27)23-12-16-26(17-13-23)19-22-10-7-11-24(18-22)29-20-21-8-3-1-4-9-21/h1,3-4,7-11,18,23H,2,5-6,12-17,19-20H2/p+1. The summed E-state index contributed by atoms with van der Waals surface area (Å²) in [6.45, 7) is 5.72. The van der Waals surface area contributed by atoms with Crippen LogP contribution in [0.2, 0.25) is 0 Å². The fourth-order valence-electron chi connectivity index (χ4n) is 4.60. The summed E-state index contributed by atoms with van der Waals surface area (Å²) in [5.41, 5.74) is 2.50. The van der Waals surface area contributed by atoms with E-state index >= 15 is 0 Å². The van der Waals surface area contributed by atoms with Gasteiger partial charge in [-0.25, -0.2) is 0 Å². The number of quaternary nitrogens is 1. The van der Waals surface area contributed by atoms with Crippen LogP contribution >= 0.6 is 0 Å². The predicted octanol–water partition coefficient (Wildman–Crippen LogP) is 3.07. The van der Waals surface area contributed by atoms with Gasteiger partial charge in [0.2, 0.25) is 5.91 Å². The molecule has 4 heteroatoms. The van der Waals surface area contributed by atoms with Gasteiger partial charge in [-0.3, -0.25) is 4.79 Å². The molecular formula is C25H33N2O2+. The number of carbonyl (C=O) groups is 1. The Labute approximate surface area is 174 Å². The lowest BCUT2D eigenvalue weighted by atomic mass is 9.94. The van der Waals surface area contributed by atoms with Crippen molar-refractivity contribution in [3.05, 3.63) is 65.7 Å². The van der Waals surface area contributed by atoms with E-state index in [2.05, 4.69) is 35.2 Å². The molecule has 2 fully saturated rings. The maximum absolute atomic E-state index is 12.8. The summed E-state index contributed by atoms with van der Waals surface area (Å²) >= 11 is 0. The Morgan fingerprint density at radius 3 is 2.41 bits per heavy atom. The summed E-state index contributed by atoms with van der Waals surface area (Å²) in [6.07, 6.45) is 5.68. The third-order valence-corrected chi connectivity index (χ3v) is 6.31. The highest BCUT2D eigenvalue weighted by atomic mass is 16.5. The van der Waals surface area contributed by atoms with Crippen molar-refractivity contribution in [3.63, 3.8) is 0 Å². The fraction of sp³-hybridized carbons (Fsp3) is 0.480. The molecule has 0 atom stereocenters. The van der Waals surface area contributed by atoms with Gasteiger partial charge in [0.25, 0.3) is 0 Å². The number of hydrogen-bond donors (Lipinski definition) is 1. The zero-order chi connectivity index (χ0) is 19.9. The summed E-state index contributed by atoms with van der Waals surface area (Å²) in [6, 6.07) is 18.8. The molecule has 29 heavy (non-hydrogen) atoms. The highest BCUT2D eigenvalue weighted by Gasteiger charge is 2.31. The molecule has 2 aromatic rings. The first kappa shape index (κ1) is 20.0. The van der Waals surface area contributed by atoms with E-state index in [1.54, 1.807) is 4.90 Å². The highest BCUT2D eigenvalue weighted by molar-refractivity contribution is 5.79. The molecule has 0 spiro atoms. The summed E-state index contributed by atoms with van der Waals surface area (Å²) in [7, 11) is 0. The molecule has 0 aliphatic carbocycles. The maximum atomic E-state index is 12.8. The Bertz CT molecular complexity index is 778. The number of piperidine rings is 2. The Kier molecular flexibility index (Phi) is 6.83. The first-order valence-electron chi connectivity index (χ1n) is 11.2. The number of hydrogen-bond acceptors (Lipinski definition) is 2. The van der Waals surface area contributed by atoms with Crippen LogP contribution in [0.1, 0.15) is 43.2 Å². The minimum Gasteiger partial charge on any atom is -0.489 e. The second kappa shape index (κ2) is 9.93. The van der Waals surface area contributed by atoms with Crippen molar-refractivity contribution in [2.24, 2.45) is 5.92 Å². The van der Waals surface area contributed by atoms with Crippen LogP contribution in [0.4, 0.5) is 0 Å². The van der Waals surface area contributed by atoms with Crippen LogP contribution in [0.15, 0.2) is 54.6 Å². The minimum absolute atomic E-state index is 0.248. The Morgan fingerprint density at radius 1 is 0.931 bits per heavy atom. The van der Waals surface area contributed by atoms with E-state index in [0.29, 0.717) is 12.5 Å². The van der Waals surface area contributed by atoms with Crippen molar-refractivity contribution in [1.82, 2.24) is 4.90 Å². The van der Waals surface area contributed by atoms with Gasteiger partial charge in [0, 0.05) is 37.4 Å².